The zero-order valence-corrected chi connectivity index (χ0v) is 14.9. The quantitative estimate of drug-likeness (QED) is 0.711. The van der Waals surface area contributed by atoms with Crippen LogP contribution in [0.2, 0.25) is 0 Å². The Bertz CT molecular complexity index is 572. The van der Waals surface area contributed by atoms with Crippen LogP contribution in [0.4, 0.5) is 0 Å². The summed E-state index contributed by atoms with van der Waals surface area (Å²) >= 11 is 0. The zero-order valence-electron chi connectivity index (χ0n) is 14.9. The summed E-state index contributed by atoms with van der Waals surface area (Å²) in [6.45, 7) is 2.24. The Labute approximate surface area is 142 Å². The average molecular weight is 337 g/mol. The van der Waals surface area contributed by atoms with Gasteiger partial charge in [-0.15, -0.1) is 0 Å². The standard InChI is InChI=1S/C16H27N5O3/c1-19(2)15(22)11-21(5-6-24-4)16(23)14-9-17-8-13(14)12-7-18-20(3)10-12/h7,10,13-14,17H,5-6,8-9,11H2,1-4H3/t13-,14+/m1/s1. The molecule has 2 amide bonds. The Hall–Kier alpha value is -1.93. The molecular weight excluding hydrogens is 310 g/mol. The van der Waals surface area contributed by atoms with Gasteiger partial charge in [-0.25, -0.2) is 0 Å². The molecule has 134 valence electrons. The highest BCUT2D eigenvalue weighted by Crippen LogP contribution is 2.29. The fourth-order valence-electron chi connectivity index (χ4n) is 2.93. The number of aromatic nitrogens is 2. The SMILES string of the molecule is COCCN(CC(=O)N(C)C)C(=O)[C@H]1CNC[C@@H]1c1cnn(C)c1. The predicted molar refractivity (Wildman–Crippen MR) is 89.5 cm³/mol. The van der Waals surface area contributed by atoms with Gasteiger partial charge in [0.05, 0.1) is 25.3 Å². The molecule has 2 heterocycles. The number of carbonyl (C=O) groups is 2. The lowest BCUT2D eigenvalue weighted by molar-refractivity contribution is -0.142. The summed E-state index contributed by atoms with van der Waals surface area (Å²) in [4.78, 5) is 28.2. The molecule has 1 saturated heterocycles. The van der Waals surface area contributed by atoms with Crippen LogP contribution in [-0.4, -0.2) is 85.4 Å². The second-order valence-corrected chi connectivity index (χ2v) is 6.36. The van der Waals surface area contributed by atoms with Gasteiger partial charge < -0.3 is 19.9 Å². The first-order valence-corrected chi connectivity index (χ1v) is 8.11. The molecule has 0 saturated carbocycles. The van der Waals surface area contributed by atoms with Crippen LogP contribution >= 0.6 is 0 Å². The largest absolute Gasteiger partial charge is 0.383 e. The number of carbonyl (C=O) groups excluding carboxylic acids is 2. The number of rotatable bonds is 7. The molecule has 0 aliphatic carbocycles. The van der Waals surface area contributed by atoms with Gasteiger partial charge in [-0.05, 0) is 5.56 Å². The topological polar surface area (TPSA) is 79.7 Å². The normalized spacial score (nSPS) is 20.2. The van der Waals surface area contributed by atoms with Crippen molar-refractivity contribution in [3.8, 4) is 0 Å². The van der Waals surface area contributed by atoms with Gasteiger partial charge in [0.25, 0.3) is 0 Å². The molecule has 8 nitrogen and oxygen atoms in total. The molecule has 1 aliphatic rings. The summed E-state index contributed by atoms with van der Waals surface area (Å²) < 4.78 is 6.84. The van der Waals surface area contributed by atoms with Crippen LogP contribution in [0.5, 0.6) is 0 Å². The minimum Gasteiger partial charge on any atom is -0.383 e. The number of aryl methyl sites for hydroxylation is 1. The predicted octanol–water partition coefficient (Wildman–Crippen LogP) is -0.714. The fourth-order valence-corrected chi connectivity index (χ4v) is 2.93. The van der Waals surface area contributed by atoms with Crippen LogP contribution in [0.25, 0.3) is 0 Å². The fraction of sp³-hybridized carbons (Fsp3) is 0.688. The van der Waals surface area contributed by atoms with Gasteiger partial charge in [-0.2, -0.15) is 5.10 Å². The first-order valence-electron chi connectivity index (χ1n) is 8.11. The summed E-state index contributed by atoms with van der Waals surface area (Å²) in [5.41, 5.74) is 1.05. The van der Waals surface area contributed by atoms with Crippen molar-refractivity contribution in [3.05, 3.63) is 18.0 Å². The van der Waals surface area contributed by atoms with E-state index in [1.54, 1.807) is 30.8 Å². The smallest absolute Gasteiger partial charge is 0.241 e. The van der Waals surface area contributed by atoms with Crippen LogP contribution in [0.1, 0.15) is 11.5 Å². The van der Waals surface area contributed by atoms with Gasteiger partial charge in [0.15, 0.2) is 0 Å². The maximum Gasteiger partial charge on any atom is 0.241 e. The van der Waals surface area contributed by atoms with Crippen LogP contribution < -0.4 is 5.32 Å². The highest BCUT2D eigenvalue weighted by molar-refractivity contribution is 5.86. The first kappa shape index (κ1) is 18.4. The maximum atomic E-state index is 13.0. The van der Waals surface area contributed by atoms with Crippen LogP contribution in [-0.2, 0) is 21.4 Å². The van der Waals surface area contributed by atoms with Crippen molar-refractivity contribution in [1.82, 2.24) is 24.9 Å². The zero-order chi connectivity index (χ0) is 17.7. The van der Waals surface area contributed by atoms with Crippen LogP contribution in [0.15, 0.2) is 12.4 Å². The maximum absolute atomic E-state index is 13.0. The van der Waals surface area contributed by atoms with E-state index in [9.17, 15) is 9.59 Å². The van der Waals surface area contributed by atoms with E-state index < -0.39 is 0 Å². The molecular formula is C16H27N5O3. The van der Waals surface area contributed by atoms with Gasteiger partial charge in [0.2, 0.25) is 11.8 Å². The van der Waals surface area contributed by atoms with Gasteiger partial charge >= 0.3 is 0 Å². The molecule has 1 aromatic rings. The van der Waals surface area contributed by atoms with E-state index in [1.807, 2.05) is 19.4 Å². The van der Waals surface area contributed by atoms with E-state index in [2.05, 4.69) is 10.4 Å². The van der Waals surface area contributed by atoms with Gasteiger partial charge in [-0.3, -0.25) is 14.3 Å². The van der Waals surface area contributed by atoms with Crippen molar-refractivity contribution in [2.45, 2.75) is 5.92 Å². The molecule has 1 aliphatic heterocycles. The van der Waals surface area contributed by atoms with Crippen molar-refractivity contribution >= 4 is 11.8 Å². The van der Waals surface area contributed by atoms with Crippen molar-refractivity contribution in [2.75, 3.05) is 54.0 Å². The third-order valence-electron chi connectivity index (χ3n) is 4.39. The summed E-state index contributed by atoms with van der Waals surface area (Å²) in [6.07, 6.45) is 3.75. The number of nitrogens with zero attached hydrogens (tertiary/aromatic N) is 4. The number of hydrogen-bond donors (Lipinski definition) is 1. The summed E-state index contributed by atoms with van der Waals surface area (Å²) in [5, 5.41) is 7.49. The van der Waals surface area contributed by atoms with Crippen LogP contribution in [0.3, 0.4) is 0 Å². The number of hydrogen-bond acceptors (Lipinski definition) is 5. The lowest BCUT2D eigenvalue weighted by atomic mass is 9.89. The highest BCUT2D eigenvalue weighted by atomic mass is 16.5. The number of ether oxygens (including phenoxy) is 1. The van der Waals surface area contributed by atoms with E-state index in [1.165, 1.54) is 4.90 Å². The third-order valence-corrected chi connectivity index (χ3v) is 4.39. The molecule has 1 aromatic heterocycles. The Balaban J connectivity index is 2.12. The summed E-state index contributed by atoms with van der Waals surface area (Å²) in [6, 6.07) is 0. The molecule has 2 atom stereocenters. The van der Waals surface area contributed by atoms with E-state index in [4.69, 9.17) is 4.74 Å². The Kier molecular flexibility index (Phi) is 6.33. The number of likely N-dealkylation sites (N-methyl/N-ethyl adjacent to an activating group) is 1. The van der Waals surface area contributed by atoms with E-state index in [0.717, 1.165) is 12.1 Å². The second kappa shape index (κ2) is 8.25. The minimum atomic E-state index is -0.194. The second-order valence-electron chi connectivity index (χ2n) is 6.36. The van der Waals surface area contributed by atoms with E-state index in [0.29, 0.717) is 19.7 Å². The lowest BCUT2D eigenvalue weighted by Crippen LogP contribution is -2.45. The highest BCUT2D eigenvalue weighted by Gasteiger charge is 2.37. The lowest BCUT2D eigenvalue weighted by Gasteiger charge is -2.28. The molecule has 0 unspecified atom stereocenters. The molecule has 1 N–H and O–H groups in total. The van der Waals surface area contributed by atoms with Crippen molar-refractivity contribution in [2.24, 2.45) is 13.0 Å². The first-order chi connectivity index (χ1) is 11.4. The summed E-state index contributed by atoms with van der Waals surface area (Å²) in [5.74, 6) is -0.226. The van der Waals surface area contributed by atoms with Crippen molar-refractivity contribution < 1.29 is 14.3 Å². The molecule has 24 heavy (non-hydrogen) atoms. The number of nitrogens with one attached hydrogen (secondary N) is 1. The minimum absolute atomic E-state index is 0.0129. The van der Waals surface area contributed by atoms with Crippen molar-refractivity contribution in [1.29, 1.82) is 0 Å². The van der Waals surface area contributed by atoms with Crippen LogP contribution in [0, 0.1) is 5.92 Å². The monoisotopic (exact) mass is 337 g/mol. The van der Waals surface area contributed by atoms with Gasteiger partial charge in [-0.1, -0.05) is 0 Å². The number of amides is 2. The molecule has 0 bridgehead atoms. The third kappa shape index (κ3) is 4.33. The molecule has 2 rings (SSSR count). The van der Waals surface area contributed by atoms with Gasteiger partial charge in [0.1, 0.15) is 0 Å². The molecule has 0 radical (unpaired) electrons. The number of methoxy groups -OCH3 is 1. The Morgan fingerprint density at radius 2 is 2.17 bits per heavy atom. The van der Waals surface area contributed by atoms with E-state index in [-0.39, 0.29) is 30.2 Å². The Morgan fingerprint density at radius 1 is 1.42 bits per heavy atom. The molecule has 0 spiro atoms. The van der Waals surface area contributed by atoms with Crippen molar-refractivity contribution in [3.63, 3.8) is 0 Å². The summed E-state index contributed by atoms with van der Waals surface area (Å²) in [7, 11) is 6.84. The van der Waals surface area contributed by atoms with Gasteiger partial charge in [0, 0.05) is 60.0 Å². The molecule has 1 fully saturated rings. The average Bonchev–Trinajstić information content (AvgIpc) is 3.18. The van der Waals surface area contributed by atoms with E-state index >= 15 is 0 Å². The molecule has 0 aromatic carbocycles. The Morgan fingerprint density at radius 3 is 2.75 bits per heavy atom. The molecule has 8 heteroatoms.